The van der Waals surface area contributed by atoms with Crippen LogP contribution in [-0.4, -0.2) is 24.6 Å². The molecule has 0 aliphatic heterocycles. The first-order valence-corrected chi connectivity index (χ1v) is 10.8. The van der Waals surface area contributed by atoms with Gasteiger partial charge in [0.25, 0.3) is 0 Å². The molecule has 6 atom stereocenters. The predicted molar refractivity (Wildman–Crippen MR) is 107 cm³/mol. The van der Waals surface area contributed by atoms with E-state index in [1.165, 1.54) is 19.6 Å². The predicted octanol–water partition coefficient (Wildman–Crippen LogP) is 4.48. The largest absolute Gasteiger partial charge is 0.466 e. The lowest BCUT2D eigenvalue weighted by atomic mass is 9.47. The summed E-state index contributed by atoms with van der Waals surface area (Å²) in [5.74, 6) is 0.813. The fourth-order valence-corrected chi connectivity index (χ4v) is 7.24. The summed E-state index contributed by atoms with van der Waals surface area (Å²) in [5.41, 5.74) is 0.816. The number of carbonyl (C=O) groups is 2. The molecule has 1 unspecified atom stereocenters. The van der Waals surface area contributed by atoms with Crippen molar-refractivity contribution < 1.29 is 19.1 Å². The van der Waals surface area contributed by atoms with E-state index in [-0.39, 0.29) is 22.8 Å². The van der Waals surface area contributed by atoms with Gasteiger partial charge in [-0.05, 0) is 73.3 Å². The molecule has 156 valence electrons. The van der Waals surface area contributed by atoms with Crippen LogP contribution < -0.4 is 0 Å². The van der Waals surface area contributed by atoms with Crippen molar-refractivity contribution in [3.63, 3.8) is 0 Å². The van der Waals surface area contributed by atoms with Crippen molar-refractivity contribution >= 4 is 11.9 Å². The Morgan fingerprint density at radius 2 is 1.90 bits per heavy atom. The Bertz CT molecular complexity index is 851. The second-order valence-electron chi connectivity index (χ2n) is 9.88. The Morgan fingerprint density at radius 3 is 2.55 bits per heavy atom. The number of allylic oxidation sites excluding steroid dienone is 3. The van der Waals surface area contributed by atoms with Gasteiger partial charge in [-0.25, -0.2) is 4.79 Å². The van der Waals surface area contributed by atoms with E-state index in [1.807, 2.05) is 0 Å². The van der Waals surface area contributed by atoms with Crippen molar-refractivity contribution in [1.29, 1.82) is 5.26 Å². The zero-order valence-electron chi connectivity index (χ0n) is 17.9. The molecule has 2 fully saturated rings. The number of hydrogen-bond donors (Lipinski definition) is 0. The standard InChI is InChI=1S/C24H31NO4/c1-15(26)29-24(14-25)12-9-20-18-6-5-17-13-16(21(27)28-4)7-10-22(17,2)19(18)8-11-23(20,24)3/h5,13,18-20H,6-12H2,1-4H3/t18-,19-,20+,22+,23+,24?/m1/s1. The summed E-state index contributed by atoms with van der Waals surface area (Å²) in [5, 5.41) is 10.0. The molecule has 4 rings (SSSR count). The lowest BCUT2D eigenvalue weighted by molar-refractivity contribution is -0.168. The van der Waals surface area contributed by atoms with Crippen LogP contribution in [0.4, 0.5) is 0 Å². The van der Waals surface area contributed by atoms with Gasteiger partial charge in [-0.2, -0.15) is 5.26 Å². The lowest BCUT2D eigenvalue weighted by Crippen LogP contribution is -2.55. The van der Waals surface area contributed by atoms with E-state index in [2.05, 4.69) is 32.1 Å². The third kappa shape index (κ3) is 2.71. The van der Waals surface area contributed by atoms with Crippen LogP contribution in [0.2, 0.25) is 0 Å². The van der Waals surface area contributed by atoms with Crippen molar-refractivity contribution in [1.82, 2.24) is 0 Å². The van der Waals surface area contributed by atoms with Crippen molar-refractivity contribution in [3.8, 4) is 6.07 Å². The topological polar surface area (TPSA) is 76.4 Å². The quantitative estimate of drug-likeness (QED) is 0.642. The number of esters is 2. The minimum atomic E-state index is -0.996. The monoisotopic (exact) mass is 397 g/mol. The molecule has 0 aromatic rings. The number of nitriles is 1. The van der Waals surface area contributed by atoms with E-state index in [9.17, 15) is 14.9 Å². The van der Waals surface area contributed by atoms with Crippen molar-refractivity contribution in [2.45, 2.75) is 71.3 Å². The molecule has 4 aliphatic carbocycles. The molecule has 0 N–H and O–H groups in total. The number of methoxy groups -OCH3 is 1. The molecule has 0 saturated heterocycles. The number of fused-ring (bicyclic) bond motifs is 5. The Morgan fingerprint density at radius 1 is 1.17 bits per heavy atom. The molecule has 0 aromatic carbocycles. The summed E-state index contributed by atoms with van der Waals surface area (Å²) in [7, 11) is 1.44. The molecule has 0 heterocycles. The molecular weight excluding hydrogens is 366 g/mol. The summed E-state index contributed by atoms with van der Waals surface area (Å²) < 4.78 is 10.6. The lowest BCUT2D eigenvalue weighted by Gasteiger charge is -2.57. The van der Waals surface area contributed by atoms with E-state index in [0.29, 0.717) is 24.2 Å². The van der Waals surface area contributed by atoms with Crippen LogP contribution >= 0.6 is 0 Å². The average molecular weight is 398 g/mol. The van der Waals surface area contributed by atoms with E-state index >= 15 is 0 Å². The van der Waals surface area contributed by atoms with Crippen molar-refractivity contribution in [2.75, 3.05) is 7.11 Å². The third-order valence-corrected chi connectivity index (χ3v) is 8.83. The fourth-order valence-electron chi connectivity index (χ4n) is 7.24. The number of nitrogens with zero attached hydrogens (tertiary/aromatic N) is 1. The van der Waals surface area contributed by atoms with Gasteiger partial charge in [0.2, 0.25) is 5.60 Å². The molecule has 0 radical (unpaired) electrons. The van der Waals surface area contributed by atoms with E-state index in [1.54, 1.807) is 0 Å². The maximum atomic E-state index is 12.0. The van der Waals surface area contributed by atoms with Crippen LogP contribution in [0.1, 0.15) is 65.7 Å². The summed E-state index contributed by atoms with van der Waals surface area (Å²) in [6, 6.07) is 2.42. The fraction of sp³-hybridized carbons (Fsp3) is 0.708. The summed E-state index contributed by atoms with van der Waals surface area (Å²) in [6.45, 7) is 5.93. The average Bonchev–Trinajstić information content (AvgIpc) is 2.98. The highest BCUT2D eigenvalue weighted by Crippen LogP contribution is 2.67. The minimum Gasteiger partial charge on any atom is -0.466 e. The van der Waals surface area contributed by atoms with E-state index < -0.39 is 5.60 Å². The molecular formula is C24H31NO4. The van der Waals surface area contributed by atoms with Gasteiger partial charge < -0.3 is 9.47 Å². The molecule has 0 bridgehead atoms. The molecule has 2 saturated carbocycles. The number of rotatable bonds is 2. The zero-order valence-corrected chi connectivity index (χ0v) is 17.9. The maximum Gasteiger partial charge on any atom is 0.333 e. The zero-order chi connectivity index (χ0) is 21.0. The van der Waals surface area contributed by atoms with Gasteiger partial charge in [0.05, 0.1) is 7.11 Å². The SMILES string of the molecule is COC(=O)C1=CC2=CC[C@@H]3[C@@H](CC[C@@]4(C)[C@H]3CCC4(C#N)OC(C)=O)[C@@]2(C)CC1. The first-order chi connectivity index (χ1) is 13.7. The van der Waals surface area contributed by atoms with Crippen LogP contribution in [0, 0.1) is 39.9 Å². The van der Waals surface area contributed by atoms with Gasteiger partial charge in [-0.1, -0.05) is 19.9 Å². The number of hydrogen-bond acceptors (Lipinski definition) is 5. The van der Waals surface area contributed by atoms with Gasteiger partial charge >= 0.3 is 11.9 Å². The number of ether oxygens (including phenoxy) is 2. The summed E-state index contributed by atoms with van der Waals surface area (Å²) in [6.07, 6.45) is 10.5. The Balaban J connectivity index is 1.68. The molecule has 5 heteroatoms. The van der Waals surface area contributed by atoms with Crippen LogP contribution in [-0.2, 0) is 19.1 Å². The Kier molecular flexibility index (Phi) is 4.68. The highest BCUT2D eigenvalue weighted by molar-refractivity contribution is 5.89. The highest BCUT2D eigenvalue weighted by atomic mass is 16.6. The van der Waals surface area contributed by atoms with Gasteiger partial charge in [0.1, 0.15) is 6.07 Å². The van der Waals surface area contributed by atoms with E-state index in [4.69, 9.17) is 9.47 Å². The first-order valence-electron chi connectivity index (χ1n) is 10.8. The normalized spacial score (nSPS) is 42.9. The van der Waals surface area contributed by atoms with Crippen molar-refractivity contribution in [3.05, 3.63) is 23.3 Å². The first kappa shape index (κ1) is 20.2. The minimum absolute atomic E-state index is 0.0566. The van der Waals surface area contributed by atoms with Gasteiger partial charge in [-0.3, -0.25) is 4.79 Å². The van der Waals surface area contributed by atoms with Gasteiger partial charge in [-0.15, -0.1) is 0 Å². The summed E-state index contributed by atoms with van der Waals surface area (Å²) >= 11 is 0. The van der Waals surface area contributed by atoms with Gasteiger partial charge in [0, 0.05) is 24.3 Å². The molecule has 0 aromatic heterocycles. The highest BCUT2D eigenvalue weighted by Gasteiger charge is 2.66. The van der Waals surface area contributed by atoms with Gasteiger partial charge in [0.15, 0.2) is 0 Å². The molecule has 5 nitrogen and oxygen atoms in total. The second kappa shape index (κ2) is 6.72. The van der Waals surface area contributed by atoms with Crippen LogP contribution in [0.3, 0.4) is 0 Å². The van der Waals surface area contributed by atoms with Crippen LogP contribution in [0.5, 0.6) is 0 Å². The maximum absolute atomic E-state index is 12.0. The number of carbonyl (C=O) groups excluding carboxylic acids is 2. The van der Waals surface area contributed by atoms with Crippen molar-refractivity contribution in [2.24, 2.45) is 28.6 Å². The molecule has 0 spiro atoms. The van der Waals surface area contributed by atoms with E-state index in [0.717, 1.165) is 44.1 Å². The smallest absolute Gasteiger partial charge is 0.333 e. The second-order valence-corrected chi connectivity index (χ2v) is 9.88. The third-order valence-electron chi connectivity index (χ3n) is 8.83. The molecule has 29 heavy (non-hydrogen) atoms. The summed E-state index contributed by atoms with van der Waals surface area (Å²) in [4.78, 5) is 23.8. The Labute approximate surface area is 173 Å². The molecule has 0 amide bonds. The Hall–Kier alpha value is -2.09. The van der Waals surface area contributed by atoms with Crippen LogP contribution in [0.15, 0.2) is 23.3 Å². The molecule has 4 aliphatic rings. The van der Waals surface area contributed by atoms with Crippen LogP contribution in [0.25, 0.3) is 0 Å².